The molecule has 0 unspecified atom stereocenters. The highest BCUT2D eigenvalue weighted by molar-refractivity contribution is 4.79. The highest BCUT2D eigenvalue weighted by Gasteiger charge is 2.20. The molecule has 1 saturated heterocycles. The van der Waals surface area contributed by atoms with Gasteiger partial charge in [-0.3, -0.25) is 0 Å². The van der Waals surface area contributed by atoms with Gasteiger partial charge < -0.3 is 10.1 Å². The van der Waals surface area contributed by atoms with E-state index in [4.69, 9.17) is 4.74 Å². The number of tetrazole rings is 1. The minimum Gasteiger partial charge on any atom is -0.367 e. The van der Waals surface area contributed by atoms with Crippen molar-refractivity contribution in [2.24, 2.45) is 0 Å². The molecule has 2 heterocycles. The largest absolute Gasteiger partial charge is 0.367 e. The maximum Gasteiger partial charge on any atom is 0.200 e. The number of hydrogen-bond acceptors (Lipinski definition) is 5. The second-order valence-corrected chi connectivity index (χ2v) is 4.76. The quantitative estimate of drug-likeness (QED) is 0.757. The first-order chi connectivity index (χ1) is 7.05. The molecular weight excluding hydrogens is 194 g/mol. The molecule has 84 valence electrons. The Kier molecular flexibility index (Phi) is 2.70. The molecule has 0 atom stereocenters. The fraction of sp³-hybridized carbons (Fsp3) is 0.889. The number of nitrogens with one attached hydrogen (secondary N) is 1. The number of nitrogens with zero attached hydrogens (tertiary/aromatic N) is 4. The second kappa shape index (κ2) is 3.86. The van der Waals surface area contributed by atoms with E-state index in [1.54, 1.807) is 4.80 Å². The van der Waals surface area contributed by atoms with Gasteiger partial charge in [-0.2, -0.15) is 4.80 Å². The molecule has 0 radical (unpaired) electrons. The molecule has 1 N–H and O–H groups in total. The van der Waals surface area contributed by atoms with Gasteiger partial charge in [-0.05, 0) is 26.0 Å². The number of ether oxygens (including phenoxy) is 1. The molecule has 0 amide bonds. The summed E-state index contributed by atoms with van der Waals surface area (Å²) in [5, 5.41) is 15.3. The molecule has 6 heteroatoms. The van der Waals surface area contributed by atoms with Crippen LogP contribution in [0.1, 0.15) is 26.6 Å². The van der Waals surface area contributed by atoms with Gasteiger partial charge in [0.2, 0.25) is 0 Å². The van der Waals surface area contributed by atoms with Gasteiger partial charge in [0, 0.05) is 13.1 Å². The van der Waals surface area contributed by atoms with Crippen molar-refractivity contribution in [3.8, 4) is 0 Å². The average Bonchev–Trinajstić information content (AvgIpc) is 2.48. The molecule has 6 nitrogen and oxygen atoms in total. The van der Waals surface area contributed by atoms with Crippen molar-refractivity contribution in [1.82, 2.24) is 25.5 Å². The van der Waals surface area contributed by atoms with E-state index >= 15 is 0 Å². The summed E-state index contributed by atoms with van der Waals surface area (Å²) in [6, 6.07) is 0. The van der Waals surface area contributed by atoms with E-state index in [-0.39, 0.29) is 5.54 Å². The fourth-order valence-electron chi connectivity index (χ4n) is 1.16. The average molecular weight is 211 g/mol. The molecule has 1 aliphatic heterocycles. The third-order valence-electron chi connectivity index (χ3n) is 2.25. The summed E-state index contributed by atoms with van der Waals surface area (Å²) < 4.78 is 5.55. The van der Waals surface area contributed by atoms with E-state index in [0.29, 0.717) is 18.5 Å². The smallest absolute Gasteiger partial charge is 0.200 e. The van der Waals surface area contributed by atoms with E-state index in [0.717, 1.165) is 13.1 Å². The van der Waals surface area contributed by atoms with E-state index in [9.17, 15) is 0 Å². The molecule has 0 aromatic carbocycles. The fourth-order valence-corrected chi connectivity index (χ4v) is 1.16. The van der Waals surface area contributed by atoms with E-state index in [2.05, 4.69) is 20.7 Å². The Bertz CT molecular complexity index is 325. The summed E-state index contributed by atoms with van der Waals surface area (Å²) in [4.78, 5) is 1.62. The minimum atomic E-state index is -0.122. The van der Waals surface area contributed by atoms with Gasteiger partial charge in [0.15, 0.2) is 5.82 Å². The summed E-state index contributed by atoms with van der Waals surface area (Å²) >= 11 is 0. The zero-order valence-electron chi connectivity index (χ0n) is 9.40. The van der Waals surface area contributed by atoms with Crippen molar-refractivity contribution in [2.75, 3.05) is 13.1 Å². The first-order valence-corrected chi connectivity index (χ1v) is 5.17. The molecule has 15 heavy (non-hydrogen) atoms. The van der Waals surface area contributed by atoms with Crippen molar-refractivity contribution in [3.63, 3.8) is 0 Å². The van der Waals surface area contributed by atoms with Crippen molar-refractivity contribution in [3.05, 3.63) is 5.82 Å². The lowest BCUT2D eigenvalue weighted by molar-refractivity contribution is 0.00417. The topological polar surface area (TPSA) is 64.9 Å². The van der Waals surface area contributed by atoms with Crippen molar-refractivity contribution in [2.45, 2.75) is 39.0 Å². The van der Waals surface area contributed by atoms with Crippen molar-refractivity contribution >= 4 is 0 Å². The van der Waals surface area contributed by atoms with Crippen LogP contribution < -0.4 is 5.32 Å². The predicted molar refractivity (Wildman–Crippen MR) is 54.3 cm³/mol. The van der Waals surface area contributed by atoms with Crippen LogP contribution in [0.3, 0.4) is 0 Å². The third kappa shape index (κ3) is 2.51. The van der Waals surface area contributed by atoms with Crippen LogP contribution in [0.4, 0.5) is 0 Å². The molecule has 1 fully saturated rings. The van der Waals surface area contributed by atoms with Gasteiger partial charge in [0.25, 0.3) is 0 Å². The van der Waals surface area contributed by atoms with Crippen LogP contribution in [0.5, 0.6) is 0 Å². The van der Waals surface area contributed by atoms with Crippen LogP contribution >= 0.6 is 0 Å². The predicted octanol–water partition coefficient (Wildman–Crippen LogP) is -0.0835. The zero-order valence-corrected chi connectivity index (χ0v) is 9.40. The molecule has 2 rings (SSSR count). The lowest BCUT2D eigenvalue weighted by Crippen LogP contribution is -2.48. The summed E-state index contributed by atoms with van der Waals surface area (Å²) in [7, 11) is 0. The Hall–Kier alpha value is -1.01. The molecule has 1 aromatic rings. The van der Waals surface area contributed by atoms with Gasteiger partial charge in [-0.15, -0.1) is 10.2 Å². The summed E-state index contributed by atoms with van der Waals surface area (Å²) in [5.74, 6) is 0.650. The molecule has 1 aliphatic rings. The van der Waals surface area contributed by atoms with E-state index < -0.39 is 0 Å². The SMILES string of the molecule is CC(C)(C)n1nnc(COC2CNC2)n1. The maximum atomic E-state index is 5.55. The third-order valence-corrected chi connectivity index (χ3v) is 2.25. The number of aromatic nitrogens is 4. The van der Waals surface area contributed by atoms with Crippen LogP contribution in [-0.4, -0.2) is 39.4 Å². The van der Waals surface area contributed by atoms with Gasteiger partial charge >= 0.3 is 0 Å². The van der Waals surface area contributed by atoms with Crippen molar-refractivity contribution < 1.29 is 4.74 Å². The number of rotatable bonds is 3. The van der Waals surface area contributed by atoms with Crippen LogP contribution in [0.15, 0.2) is 0 Å². The zero-order chi connectivity index (χ0) is 10.9. The highest BCUT2D eigenvalue weighted by Crippen LogP contribution is 2.09. The van der Waals surface area contributed by atoms with Crippen LogP contribution in [0.25, 0.3) is 0 Å². The standard InChI is InChI=1S/C9H17N5O/c1-9(2,3)14-12-8(11-13-14)6-15-7-4-10-5-7/h7,10H,4-6H2,1-3H3. The van der Waals surface area contributed by atoms with Crippen LogP contribution in [0.2, 0.25) is 0 Å². The molecule has 0 spiro atoms. The van der Waals surface area contributed by atoms with E-state index in [1.165, 1.54) is 0 Å². The molecule has 0 aliphatic carbocycles. The monoisotopic (exact) mass is 211 g/mol. The van der Waals surface area contributed by atoms with Crippen LogP contribution in [-0.2, 0) is 16.9 Å². The Balaban J connectivity index is 1.89. The Morgan fingerprint density at radius 2 is 2.20 bits per heavy atom. The Morgan fingerprint density at radius 3 is 2.67 bits per heavy atom. The first-order valence-electron chi connectivity index (χ1n) is 5.17. The van der Waals surface area contributed by atoms with Gasteiger partial charge in [0.1, 0.15) is 6.61 Å². The molecule has 0 saturated carbocycles. The normalized spacial score (nSPS) is 17.8. The maximum absolute atomic E-state index is 5.55. The lowest BCUT2D eigenvalue weighted by Gasteiger charge is -2.26. The van der Waals surface area contributed by atoms with E-state index in [1.807, 2.05) is 20.8 Å². The van der Waals surface area contributed by atoms with Gasteiger partial charge in [-0.1, -0.05) is 0 Å². The Labute approximate surface area is 89.0 Å². The van der Waals surface area contributed by atoms with Gasteiger partial charge in [0.05, 0.1) is 11.6 Å². The number of hydrogen-bond donors (Lipinski definition) is 1. The summed E-state index contributed by atoms with van der Waals surface area (Å²) in [6.45, 7) is 8.41. The second-order valence-electron chi connectivity index (χ2n) is 4.76. The van der Waals surface area contributed by atoms with Crippen LogP contribution in [0, 0.1) is 0 Å². The molecule has 0 bridgehead atoms. The highest BCUT2D eigenvalue weighted by atomic mass is 16.5. The van der Waals surface area contributed by atoms with Gasteiger partial charge in [-0.25, -0.2) is 0 Å². The lowest BCUT2D eigenvalue weighted by atomic mass is 10.1. The van der Waals surface area contributed by atoms with Crippen molar-refractivity contribution in [1.29, 1.82) is 0 Å². The summed E-state index contributed by atoms with van der Waals surface area (Å²) in [6.07, 6.45) is 0.312. The molecule has 1 aromatic heterocycles. The minimum absolute atomic E-state index is 0.122. The molecular formula is C9H17N5O. The first kappa shape index (κ1) is 10.5. The summed E-state index contributed by atoms with van der Waals surface area (Å²) in [5.41, 5.74) is -0.122. The Morgan fingerprint density at radius 1 is 1.47 bits per heavy atom.